The third-order valence-corrected chi connectivity index (χ3v) is 2.56. The molecular weight excluding hydrogens is 266 g/mol. The van der Waals surface area contributed by atoms with Gasteiger partial charge in [-0.15, -0.1) is 0 Å². The Labute approximate surface area is 106 Å². The highest BCUT2D eigenvalue weighted by Crippen LogP contribution is 2.23. The molecule has 0 aliphatic heterocycles. The van der Waals surface area contributed by atoms with Crippen LogP contribution in [-0.4, -0.2) is 13.2 Å². The summed E-state index contributed by atoms with van der Waals surface area (Å²) in [5, 5.41) is 3.30. The van der Waals surface area contributed by atoms with Gasteiger partial charge >= 0.3 is 0 Å². The van der Waals surface area contributed by atoms with Gasteiger partial charge in [-0.1, -0.05) is 29.4 Å². The maximum Gasteiger partial charge on any atom is 0.124 e. The lowest BCUT2D eigenvalue weighted by Crippen LogP contribution is -2.13. The highest BCUT2D eigenvalue weighted by Gasteiger charge is 2.04. The van der Waals surface area contributed by atoms with Gasteiger partial charge < -0.3 is 10.1 Å². The molecule has 3 heteroatoms. The van der Waals surface area contributed by atoms with Crippen molar-refractivity contribution in [2.75, 3.05) is 13.2 Å². The van der Waals surface area contributed by atoms with Crippen molar-refractivity contribution in [1.82, 2.24) is 5.32 Å². The molecule has 1 aromatic carbocycles. The Balaban J connectivity index is 2.76. The van der Waals surface area contributed by atoms with Gasteiger partial charge in [0.15, 0.2) is 0 Å². The van der Waals surface area contributed by atoms with Crippen molar-refractivity contribution in [2.24, 2.45) is 0 Å². The summed E-state index contributed by atoms with van der Waals surface area (Å²) < 4.78 is 6.76. The van der Waals surface area contributed by atoms with Crippen LogP contribution in [-0.2, 0) is 6.54 Å². The van der Waals surface area contributed by atoms with Gasteiger partial charge in [-0.2, -0.15) is 0 Å². The largest absolute Gasteiger partial charge is 0.489 e. The third-order valence-electron chi connectivity index (χ3n) is 2.06. The molecule has 0 saturated carbocycles. The van der Waals surface area contributed by atoms with Crippen LogP contribution >= 0.6 is 15.9 Å². The third kappa shape index (κ3) is 4.37. The fraction of sp³-hybridized carbons (Fsp3) is 0.385. The van der Waals surface area contributed by atoms with Crippen LogP contribution in [0.4, 0.5) is 0 Å². The standard InChI is InChI=1S/C13H18BrNO/c1-4-15-8-11-7-12(14)5-6-13(11)16-9-10(2)3/h5-7,15H,2,4,8-9H2,1,3H3. The Hall–Kier alpha value is -0.800. The first kappa shape index (κ1) is 13.3. The number of halogens is 1. The summed E-state index contributed by atoms with van der Waals surface area (Å²) in [5.74, 6) is 0.923. The van der Waals surface area contributed by atoms with E-state index < -0.39 is 0 Å². The summed E-state index contributed by atoms with van der Waals surface area (Å²) in [4.78, 5) is 0. The number of rotatable bonds is 6. The lowest BCUT2D eigenvalue weighted by molar-refractivity contribution is 0.347. The van der Waals surface area contributed by atoms with Gasteiger partial charge in [0.05, 0.1) is 0 Å². The van der Waals surface area contributed by atoms with Gasteiger partial charge in [-0.25, -0.2) is 0 Å². The molecule has 16 heavy (non-hydrogen) atoms. The van der Waals surface area contributed by atoms with Gasteiger partial charge in [0.1, 0.15) is 12.4 Å². The van der Waals surface area contributed by atoms with Crippen molar-refractivity contribution in [3.8, 4) is 5.75 Å². The van der Waals surface area contributed by atoms with Crippen LogP contribution in [0.15, 0.2) is 34.8 Å². The van der Waals surface area contributed by atoms with Crippen molar-refractivity contribution in [3.63, 3.8) is 0 Å². The zero-order valence-corrected chi connectivity index (χ0v) is 11.4. The summed E-state index contributed by atoms with van der Waals surface area (Å²) in [5.41, 5.74) is 2.19. The van der Waals surface area contributed by atoms with Crippen molar-refractivity contribution in [3.05, 3.63) is 40.4 Å². The second-order valence-electron chi connectivity index (χ2n) is 3.78. The number of nitrogens with one attached hydrogen (secondary N) is 1. The number of benzene rings is 1. The van der Waals surface area contributed by atoms with Gasteiger partial charge in [0.2, 0.25) is 0 Å². The average molecular weight is 284 g/mol. The lowest BCUT2D eigenvalue weighted by atomic mass is 10.2. The summed E-state index contributed by atoms with van der Waals surface area (Å²) in [7, 11) is 0. The van der Waals surface area contributed by atoms with E-state index in [2.05, 4.69) is 40.8 Å². The molecule has 1 rings (SSSR count). The van der Waals surface area contributed by atoms with Crippen LogP contribution in [0.1, 0.15) is 19.4 Å². The zero-order valence-electron chi connectivity index (χ0n) is 9.85. The minimum Gasteiger partial charge on any atom is -0.489 e. The van der Waals surface area contributed by atoms with Crippen molar-refractivity contribution in [1.29, 1.82) is 0 Å². The van der Waals surface area contributed by atoms with Gasteiger partial charge in [-0.05, 0) is 37.2 Å². The fourth-order valence-electron chi connectivity index (χ4n) is 1.29. The minimum absolute atomic E-state index is 0.570. The molecule has 0 atom stereocenters. The Morgan fingerprint density at radius 1 is 1.50 bits per heavy atom. The molecule has 0 saturated heterocycles. The molecule has 1 N–H and O–H groups in total. The van der Waals surface area contributed by atoms with Crippen molar-refractivity contribution >= 4 is 15.9 Å². The van der Waals surface area contributed by atoms with Crippen molar-refractivity contribution < 1.29 is 4.74 Å². The lowest BCUT2D eigenvalue weighted by Gasteiger charge is -2.12. The smallest absolute Gasteiger partial charge is 0.124 e. The normalized spacial score (nSPS) is 10.2. The first-order valence-corrected chi connectivity index (χ1v) is 6.19. The molecule has 88 valence electrons. The molecule has 0 aromatic heterocycles. The molecular formula is C13H18BrNO. The highest BCUT2D eigenvalue weighted by molar-refractivity contribution is 9.10. The SMILES string of the molecule is C=C(C)COc1ccc(Br)cc1CNCC. The molecule has 1 aromatic rings. The first-order chi connectivity index (χ1) is 7.63. The van der Waals surface area contributed by atoms with E-state index in [1.807, 2.05) is 19.1 Å². The molecule has 0 spiro atoms. The highest BCUT2D eigenvalue weighted by atomic mass is 79.9. The molecule has 0 fully saturated rings. The molecule has 0 radical (unpaired) electrons. The van der Waals surface area contributed by atoms with Gasteiger partial charge in [0.25, 0.3) is 0 Å². The zero-order chi connectivity index (χ0) is 12.0. The second-order valence-corrected chi connectivity index (χ2v) is 4.69. The Bertz CT molecular complexity index is 363. The Kier molecular flexibility index (Phi) is 5.56. The minimum atomic E-state index is 0.570. The molecule has 0 aliphatic rings. The Morgan fingerprint density at radius 3 is 2.88 bits per heavy atom. The maximum absolute atomic E-state index is 5.69. The summed E-state index contributed by atoms with van der Waals surface area (Å²) in [6, 6.07) is 6.05. The fourth-order valence-corrected chi connectivity index (χ4v) is 1.70. The van der Waals surface area contributed by atoms with Crippen LogP contribution in [0.5, 0.6) is 5.75 Å². The number of hydrogen-bond acceptors (Lipinski definition) is 2. The molecule has 0 amide bonds. The van der Waals surface area contributed by atoms with Crippen LogP contribution < -0.4 is 10.1 Å². The van der Waals surface area contributed by atoms with E-state index >= 15 is 0 Å². The maximum atomic E-state index is 5.69. The predicted octanol–water partition coefficient (Wildman–Crippen LogP) is 3.51. The van der Waals surface area contributed by atoms with Crippen LogP contribution in [0.2, 0.25) is 0 Å². The van der Waals surface area contributed by atoms with E-state index in [1.165, 1.54) is 0 Å². The predicted molar refractivity (Wildman–Crippen MR) is 71.8 cm³/mol. The second kappa shape index (κ2) is 6.71. The van der Waals surface area contributed by atoms with Gasteiger partial charge in [-0.3, -0.25) is 0 Å². The van der Waals surface area contributed by atoms with E-state index in [0.717, 1.165) is 34.4 Å². The van der Waals surface area contributed by atoms with E-state index in [4.69, 9.17) is 4.74 Å². The van der Waals surface area contributed by atoms with Crippen LogP contribution in [0.25, 0.3) is 0 Å². The average Bonchev–Trinajstić information content (AvgIpc) is 2.24. The number of ether oxygens (including phenoxy) is 1. The van der Waals surface area contributed by atoms with Gasteiger partial charge in [0, 0.05) is 16.6 Å². The number of hydrogen-bond donors (Lipinski definition) is 1. The monoisotopic (exact) mass is 283 g/mol. The summed E-state index contributed by atoms with van der Waals surface area (Å²) >= 11 is 3.47. The molecule has 2 nitrogen and oxygen atoms in total. The first-order valence-electron chi connectivity index (χ1n) is 5.39. The van der Waals surface area contributed by atoms with E-state index in [-0.39, 0.29) is 0 Å². The quantitative estimate of drug-likeness (QED) is 0.807. The summed E-state index contributed by atoms with van der Waals surface area (Å²) in [6.07, 6.45) is 0. The van der Waals surface area contributed by atoms with E-state index in [0.29, 0.717) is 6.61 Å². The van der Waals surface area contributed by atoms with Crippen LogP contribution in [0, 0.1) is 0 Å². The topological polar surface area (TPSA) is 21.3 Å². The molecule has 0 aliphatic carbocycles. The van der Waals surface area contributed by atoms with E-state index in [9.17, 15) is 0 Å². The Morgan fingerprint density at radius 2 is 2.25 bits per heavy atom. The van der Waals surface area contributed by atoms with Crippen LogP contribution in [0.3, 0.4) is 0 Å². The van der Waals surface area contributed by atoms with Crippen molar-refractivity contribution in [2.45, 2.75) is 20.4 Å². The summed E-state index contributed by atoms with van der Waals surface area (Å²) in [6.45, 7) is 10.2. The molecule has 0 bridgehead atoms. The molecule has 0 heterocycles. The molecule has 0 unspecified atom stereocenters. The van der Waals surface area contributed by atoms with E-state index in [1.54, 1.807) is 0 Å².